The molecule has 1 aromatic rings. The molecule has 0 unspecified atom stereocenters. The van der Waals surface area contributed by atoms with Crippen LogP contribution in [0.2, 0.25) is 0 Å². The molecule has 6 heteroatoms. The van der Waals surface area contributed by atoms with Crippen molar-refractivity contribution in [2.75, 3.05) is 44.7 Å². The summed E-state index contributed by atoms with van der Waals surface area (Å²) >= 11 is 0. The van der Waals surface area contributed by atoms with Crippen LogP contribution in [0.3, 0.4) is 0 Å². The summed E-state index contributed by atoms with van der Waals surface area (Å²) in [7, 11) is 0. The van der Waals surface area contributed by atoms with Gasteiger partial charge in [-0.15, -0.1) is 0 Å². The number of nitrogens with zero attached hydrogens (tertiary/aromatic N) is 2. The summed E-state index contributed by atoms with van der Waals surface area (Å²) in [6.07, 6.45) is 3.63. The molecule has 0 saturated carbocycles. The van der Waals surface area contributed by atoms with Crippen LogP contribution in [0.1, 0.15) is 40.0 Å². The fraction of sp³-hybridized carbons (Fsp3) is 0.650. The number of piperidine rings is 1. The van der Waals surface area contributed by atoms with Crippen molar-refractivity contribution in [1.29, 1.82) is 0 Å². The van der Waals surface area contributed by atoms with E-state index in [1.807, 2.05) is 32.0 Å². The minimum Gasteiger partial charge on any atom is -0.494 e. The summed E-state index contributed by atoms with van der Waals surface area (Å²) in [4.78, 5) is 7.01. The molecule has 1 aliphatic rings. The molecule has 2 rings (SSSR count). The molecule has 146 valence electrons. The summed E-state index contributed by atoms with van der Waals surface area (Å²) in [5.74, 6) is 2.72. The van der Waals surface area contributed by atoms with Gasteiger partial charge in [0.1, 0.15) is 11.5 Å². The van der Waals surface area contributed by atoms with Crippen LogP contribution in [0.5, 0.6) is 11.5 Å². The number of likely N-dealkylation sites (tertiary alicyclic amines) is 1. The first kappa shape index (κ1) is 20.4. The van der Waals surface area contributed by atoms with E-state index in [-0.39, 0.29) is 0 Å². The van der Waals surface area contributed by atoms with Crippen LogP contribution in [0.4, 0.5) is 5.69 Å². The molecule has 0 amide bonds. The van der Waals surface area contributed by atoms with Crippen molar-refractivity contribution in [2.24, 2.45) is 16.6 Å². The van der Waals surface area contributed by atoms with Crippen molar-refractivity contribution in [3.8, 4) is 11.5 Å². The second-order valence-electron chi connectivity index (χ2n) is 6.58. The Balaban J connectivity index is 1.88. The van der Waals surface area contributed by atoms with Gasteiger partial charge in [-0.25, -0.2) is 0 Å². The summed E-state index contributed by atoms with van der Waals surface area (Å²) in [6.45, 7) is 11.7. The van der Waals surface area contributed by atoms with Crippen LogP contribution in [-0.2, 0) is 0 Å². The van der Waals surface area contributed by atoms with Crippen LogP contribution < -0.4 is 20.5 Å². The molecule has 3 N–H and O–H groups in total. The molecular weight excluding hydrogens is 328 g/mol. The van der Waals surface area contributed by atoms with Gasteiger partial charge in [0.15, 0.2) is 5.96 Å². The van der Waals surface area contributed by atoms with E-state index in [0.29, 0.717) is 19.2 Å². The highest BCUT2D eigenvalue weighted by Gasteiger charge is 2.17. The van der Waals surface area contributed by atoms with Crippen LogP contribution >= 0.6 is 0 Å². The third-order valence-corrected chi connectivity index (χ3v) is 4.80. The average Bonchev–Trinajstić information content (AvgIpc) is 2.65. The summed E-state index contributed by atoms with van der Waals surface area (Å²) < 4.78 is 11.2. The zero-order valence-corrected chi connectivity index (χ0v) is 16.5. The Bertz CT molecular complexity index is 569. The van der Waals surface area contributed by atoms with Gasteiger partial charge in [-0.3, -0.25) is 4.99 Å². The van der Waals surface area contributed by atoms with Crippen LogP contribution in [-0.4, -0.2) is 50.3 Å². The molecular formula is C20H34N4O2. The molecule has 0 radical (unpaired) electrons. The molecule has 1 aromatic carbocycles. The third-order valence-electron chi connectivity index (χ3n) is 4.80. The van der Waals surface area contributed by atoms with Gasteiger partial charge in [0.2, 0.25) is 0 Å². The van der Waals surface area contributed by atoms with Crippen LogP contribution in [0, 0.1) is 5.92 Å². The Kier molecular flexibility index (Phi) is 8.54. The predicted molar refractivity (Wildman–Crippen MR) is 108 cm³/mol. The maximum absolute atomic E-state index is 6.09. The standard InChI is InChI=1S/C20H34N4O2/c1-4-24-13-10-16(11-14-24)9-12-22-20(21)23-18-15-17(25-5-2)7-8-19(18)26-6-3/h7-8,15-16H,4-6,9-14H2,1-3H3,(H3,21,22,23). The van der Waals surface area contributed by atoms with E-state index < -0.39 is 0 Å². The molecule has 0 aliphatic carbocycles. The van der Waals surface area contributed by atoms with Gasteiger partial charge < -0.3 is 25.4 Å². The van der Waals surface area contributed by atoms with Gasteiger partial charge in [-0.2, -0.15) is 0 Å². The lowest BCUT2D eigenvalue weighted by atomic mass is 9.94. The highest BCUT2D eigenvalue weighted by atomic mass is 16.5. The van der Waals surface area contributed by atoms with Crippen molar-refractivity contribution in [3.05, 3.63) is 18.2 Å². The zero-order chi connectivity index (χ0) is 18.8. The number of hydrogen-bond donors (Lipinski definition) is 2. The van der Waals surface area contributed by atoms with Crippen LogP contribution in [0.15, 0.2) is 23.2 Å². The monoisotopic (exact) mass is 362 g/mol. The molecule has 1 saturated heterocycles. The fourth-order valence-corrected chi connectivity index (χ4v) is 3.28. The lowest BCUT2D eigenvalue weighted by Gasteiger charge is -2.30. The first-order valence-electron chi connectivity index (χ1n) is 9.85. The van der Waals surface area contributed by atoms with E-state index in [9.17, 15) is 0 Å². The van der Waals surface area contributed by atoms with Gasteiger partial charge in [-0.1, -0.05) is 6.92 Å². The summed E-state index contributed by atoms with van der Waals surface area (Å²) in [5, 5.41) is 3.16. The molecule has 1 fully saturated rings. The number of ether oxygens (including phenoxy) is 2. The summed E-state index contributed by atoms with van der Waals surface area (Å²) in [6, 6.07) is 5.69. The number of benzene rings is 1. The van der Waals surface area contributed by atoms with Gasteiger partial charge in [0.05, 0.1) is 18.9 Å². The lowest BCUT2D eigenvalue weighted by Crippen LogP contribution is -2.33. The van der Waals surface area contributed by atoms with E-state index in [2.05, 4.69) is 22.1 Å². The van der Waals surface area contributed by atoms with Crippen molar-refractivity contribution in [1.82, 2.24) is 4.90 Å². The number of hydrogen-bond acceptors (Lipinski definition) is 4. The Labute approximate surface area is 157 Å². The molecule has 6 nitrogen and oxygen atoms in total. The number of anilines is 1. The van der Waals surface area contributed by atoms with E-state index in [1.54, 1.807) is 0 Å². The Morgan fingerprint density at radius 3 is 2.58 bits per heavy atom. The molecule has 0 aromatic heterocycles. The first-order chi connectivity index (χ1) is 12.7. The van der Waals surface area contributed by atoms with Crippen molar-refractivity contribution in [3.63, 3.8) is 0 Å². The fourth-order valence-electron chi connectivity index (χ4n) is 3.28. The molecule has 1 heterocycles. The summed E-state index contributed by atoms with van der Waals surface area (Å²) in [5.41, 5.74) is 6.88. The van der Waals surface area contributed by atoms with Crippen molar-refractivity contribution >= 4 is 11.6 Å². The molecule has 0 spiro atoms. The number of nitrogens with two attached hydrogens (primary N) is 1. The number of guanidine groups is 1. The highest BCUT2D eigenvalue weighted by Crippen LogP contribution is 2.29. The van der Waals surface area contributed by atoms with E-state index in [4.69, 9.17) is 15.2 Å². The van der Waals surface area contributed by atoms with Gasteiger partial charge in [0.25, 0.3) is 0 Å². The Morgan fingerprint density at radius 1 is 1.19 bits per heavy atom. The van der Waals surface area contributed by atoms with Gasteiger partial charge in [0, 0.05) is 12.6 Å². The van der Waals surface area contributed by atoms with Gasteiger partial charge in [-0.05, 0) is 70.8 Å². The number of rotatable bonds is 9. The topological polar surface area (TPSA) is 72.1 Å². The van der Waals surface area contributed by atoms with Crippen molar-refractivity contribution < 1.29 is 9.47 Å². The maximum Gasteiger partial charge on any atom is 0.193 e. The van der Waals surface area contributed by atoms with E-state index in [0.717, 1.165) is 42.6 Å². The van der Waals surface area contributed by atoms with Crippen LogP contribution in [0.25, 0.3) is 0 Å². The van der Waals surface area contributed by atoms with Crippen molar-refractivity contribution in [2.45, 2.75) is 40.0 Å². The zero-order valence-electron chi connectivity index (χ0n) is 16.5. The maximum atomic E-state index is 6.09. The Hall–Kier alpha value is -1.95. The van der Waals surface area contributed by atoms with E-state index >= 15 is 0 Å². The largest absolute Gasteiger partial charge is 0.494 e. The molecule has 1 aliphatic heterocycles. The second-order valence-corrected chi connectivity index (χ2v) is 6.58. The minimum absolute atomic E-state index is 0.422. The second kappa shape index (κ2) is 10.9. The lowest BCUT2D eigenvalue weighted by molar-refractivity contribution is 0.188. The van der Waals surface area contributed by atoms with E-state index in [1.165, 1.54) is 25.9 Å². The first-order valence-corrected chi connectivity index (χ1v) is 9.85. The normalized spacial score (nSPS) is 16.5. The molecule has 26 heavy (non-hydrogen) atoms. The number of aliphatic imine (C=N–C) groups is 1. The highest BCUT2D eigenvalue weighted by molar-refractivity contribution is 5.94. The third kappa shape index (κ3) is 6.41. The predicted octanol–water partition coefficient (Wildman–Crippen LogP) is 3.33. The van der Waals surface area contributed by atoms with Gasteiger partial charge >= 0.3 is 0 Å². The number of nitrogens with one attached hydrogen (secondary N) is 1. The smallest absolute Gasteiger partial charge is 0.193 e. The minimum atomic E-state index is 0.422. The molecule has 0 atom stereocenters. The average molecular weight is 363 g/mol. The Morgan fingerprint density at radius 2 is 1.92 bits per heavy atom. The molecule has 0 bridgehead atoms. The quantitative estimate of drug-likeness (QED) is 0.521. The SMILES string of the molecule is CCOc1ccc(OCC)c(NC(N)=NCCC2CCN(CC)CC2)c1.